The monoisotopic (exact) mass is 290 g/mol. The second-order valence-electron chi connectivity index (χ2n) is 5.42. The summed E-state index contributed by atoms with van der Waals surface area (Å²) in [6.45, 7) is 5.22. The molecule has 21 heavy (non-hydrogen) atoms. The van der Waals surface area contributed by atoms with Crippen LogP contribution < -0.4 is 10.6 Å². The Morgan fingerprint density at radius 1 is 1.24 bits per heavy atom. The van der Waals surface area contributed by atoms with Gasteiger partial charge in [0, 0.05) is 18.7 Å². The Balaban J connectivity index is 1.74. The molecule has 1 fully saturated rings. The molecule has 5 nitrogen and oxygen atoms in total. The first-order valence-corrected chi connectivity index (χ1v) is 7.30. The number of carbonyl (C=O) groups is 2. The zero-order valence-corrected chi connectivity index (χ0v) is 12.6. The van der Waals surface area contributed by atoms with Crippen LogP contribution in [0.3, 0.4) is 0 Å². The molecule has 1 aliphatic heterocycles. The van der Waals surface area contributed by atoms with Crippen LogP contribution in [0.4, 0.5) is 0 Å². The lowest BCUT2D eigenvalue weighted by atomic mass is 10.1. The highest BCUT2D eigenvalue weighted by molar-refractivity contribution is 5.96. The molecule has 2 rings (SSSR count). The topological polar surface area (TPSA) is 67.4 Å². The largest absolute Gasteiger partial charge is 0.376 e. The molecule has 0 aromatic heterocycles. The van der Waals surface area contributed by atoms with Crippen molar-refractivity contribution < 1.29 is 14.3 Å². The Morgan fingerprint density at radius 3 is 2.71 bits per heavy atom. The minimum atomic E-state index is -0.231. The summed E-state index contributed by atoms with van der Waals surface area (Å²) in [5, 5.41) is 5.40. The van der Waals surface area contributed by atoms with Crippen LogP contribution in [0.25, 0.3) is 0 Å². The van der Waals surface area contributed by atoms with Gasteiger partial charge >= 0.3 is 0 Å². The van der Waals surface area contributed by atoms with Crippen LogP contribution in [-0.2, 0) is 9.53 Å². The van der Waals surface area contributed by atoms with Gasteiger partial charge in [0.2, 0.25) is 5.91 Å². The summed E-state index contributed by atoms with van der Waals surface area (Å²) in [5.74, 6) is -0.423. The Kier molecular flexibility index (Phi) is 5.33. The molecule has 5 heteroatoms. The molecular formula is C16H22N2O3. The number of nitrogens with one attached hydrogen (secondary N) is 2. The quantitative estimate of drug-likeness (QED) is 0.859. The second-order valence-corrected chi connectivity index (χ2v) is 5.42. The molecule has 0 aliphatic carbocycles. The van der Waals surface area contributed by atoms with Gasteiger partial charge in [-0.1, -0.05) is 6.07 Å². The van der Waals surface area contributed by atoms with Crippen molar-refractivity contribution in [1.82, 2.24) is 10.6 Å². The Morgan fingerprint density at radius 2 is 2.05 bits per heavy atom. The molecule has 0 radical (unpaired) electrons. The average molecular weight is 290 g/mol. The number of hydrogen-bond donors (Lipinski definition) is 2. The summed E-state index contributed by atoms with van der Waals surface area (Å²) in [6, 6.07) is 5.50. The van der Waals surface area contributed by atoms with Crippen LogP contribution in [-0.4, -0.2) is 37.6 Å². The van der Waals surface area contributed by atoms with Crippen molar-refractivity contribution in [3.05, 3.63) is 34.9 Å². The molecule has 0 saturated carbocycles. The normalized spacial score (nSPS) is 17.5. The van der Waals surface area contributed by atoms with Crippen molar-refractivity contribution in [3.63, 3.8) is 0 Å². The standard InChI is InChI=1S/C16H22N2O3/c1-11-5-6-13(8-12(11)2)16(20)18-10-15(19)17-9-14-4-3-7-21-14/h5-6,8,14H,3-4,7,9-10H2,1-2H3,(H,17,19)(H,18,20). The molecule has 1 heterocycles. The molecule has 1 saturated heterocycles. The van der Waals surface area contributed by atoms with Crippen molar-refractivity contribution in [2.24, 2.45) is 0 Å². The van der Waals surface area contributed by atoms with Crippen LogP contribution in [0, 0.1) is 13.8 Å². The van der Waals surface area contributed by atoms with E-state index in [0.29, 0.717) is 12.1 Å². The van der Waals surface area contributed by atoms with Crippen molar-refractivity contribution in [3.8, 4) is 0 Å². The van der Waals surface area contributed by atoms with Crippen molar-refractivity contribution in [2.75, 3.05) is 19.7 Å². The Bertz CT molecular complexity index is 522. The first-order valence-electron chi connectivity index (χ1n) is 7.30. The number of hydrogen-bond acceptors (Lipinski definition) is 3. The SMILES string of the molecule is Cc1ccc(C(=O)NCC(=O)NCC2CCCO2)cc1C. The van der Waals surface area contributed by atoms with E-state index in [1.807, 2.05) is 26.0 Å². The lowest BCUT2D eigenvalue weighted by Crippen LogP contribution is -2.39. The highest BCUT2D eigenvalue weighted by Gasteiger charge is 2.16. The van der Waals surface area contributed by atoms with Gasteiger partial charge in [-0.2, -0.15) is 0 Å². The van der Waals surface area contributed by atoms with Gasteiger partial charge < -0.3 is 15.4 Å². The molecule has 1 atom stereocenters. The number of rotatable bonds is 5. The van der Waals surface area contributed by atoms with E-state index in [9.17, 15) is 9.59 Å². The second kappa shape index (κ2) is 7.22. The number of amides is 2. The zero-order valence-electron chi connectivity index (χ0n) is 12.6. The van der Waals surface area contributed by atoms with E-state index in [1.165, 1.54) is 0 Å². The maximum atomic E-state index is 12.0. The van der Waals surface area contributed by atoms with E-state index in [0.717, 1.165) is 30.6 Å². The van der Waals surface area contributed by atoms with Gasteiger partial charge in [-0.05, 0) is 49.9 Å². The van der Waals surface area contributed by atoms with Gasteiger partial charge in [0.05, 0.1) is 12.6 Å². The summed E-state index contributed by atoms with van der Waals surface area (Å²) in [5.41, 5.74) is 2.77. The number of benzene rings is 1. The third-order valence-corrected chi connectivity index (χ3v) is 3.73. The average Bonchev–Trinajstić information content (AvgIpc) is 2.98. The molecule has 2 N–H and O–H groups in total. The maximum absolute atomic E-state index is 12.0. The van der Waals surface area contributed by atoms with Gasteiger partial charge in [-0.15, -0.1) is 0 Å². The van der Waals surface area contributed by atoms with Crippen molar-refractivity contribution in [1.29, 1.82) is 0 Å². The van der Waals surface area contributed by atoms with Gasteiger partial charge in [0.25, 0.3) is 5.91 Å². The molecule has 2 amide bonds. The van der Waals surface area contributed by atoms with E-state index in [1.54, 1.807) is 6.07 Å². The van der Waals surface area contributed by atoms with Gasteiger partial charge in [0.15, 0.2) is 0 Å². The highest BCUT2D eigenvalue weighted by Crippen LogP contribution is 2.10. The van der Waals surface area contributed by atoms with Gasteiger partial charge in [-0.25, -0.2) is 0 Å². The van der Waals surface area contributed by atoms with Crippen LogP contribution in [0.2, 0.25) is 0 Å². The van der Waals surface area contributed by atoms with E-state index >= 15 is 0 Å². The zero-order chi connectivity index (χ0) is 15.2. The third-order valence-electron chi connectivity index (χ3n) is 3.73. The first-order chi connectivity index (χ1) is 10.1. The number of carbonyl (C=O) groups excluding carboxylic acids is 2. The predicted octanol–water partition coefficient (Wildman–Crippen LogP) is 1.33. The number of ether oxygens (including phenoxy) is 1. The minimum Gasteiger partial charge on any atom is -0.376 e. The van der Waals surface area contributed by atoms with Crippen LogP contribution >= 0.6 is 0 Å². The smallest absolute Gasteiger partial charge is 0.251 e. The summed E-state index contributed by atoms with van der Waals surface area (Å²) in [4.78, 5) is 23.6. The van der Waals surface area contributed by atoms with E-state index in [2.05, 4.69) is 10.6 Å². The summed E-state index contributed by atoms with van der Waals surface area (Å²) < 4.78 is 5.42. The molecule has 0 bridgehead atoms. The van der Waals surface area contributed by atoms with Crippen LogP contribution in [0.5, 0.6) is 0 Å². The fourth-order valence-corrected chi connectivity index (χ4v) is 2.24. The lowest BCUT2D eigenvalue weighted by molar-refractivity contribution is -0.120. The summed E-state index contributed by atoms with van der Waals surface area (Å²) in [7, 11) is 0. The van der Waals surface area contributed by atoms with Gasteiger partial charge in [0.1, 0.15) is 0 Å². The number of aryl methyl sites for hydroxylation is 2. The first kappa shape index (κ1) is 15.5. The molecule has 1 aromatic carbocycles. The van der Waals surface area contributed by atoms with Gasteiger partial charge in [-0.3, -0.25) is 9.59 Å². The van der Waals surface area contributed by atoms with Crippen molar-refractivity contribution in [2.45, 2.75) is 32.8 Å². The summed E-state index contributed by atoms with van der Waals surface area (Å²) in [6.07, 6.45) is 2.14. The molecule has 1 aliphatic rings. The van der Waals surface area contributed by atoms with E-state index in [4.69, 9.17) is 4.74 Å². The molecular weight excluding hydrogens is 268 g/mol. The third kappa shape index (κ3) is 4.56. The van der Waals surface area contributed by atoms with Crippen LogP contribution in [0.15, 0.2) is 18.2 Å². The Hall–Kier alpha value is -1.88. The molecule has 0 spiro atoms. The highest BCUT2D eigenvalue weighted by atomic mass is 16.5. The van der Waals surface area contributed by atoms with Crippen LogP contribution in [0.1, 0.15) is 34.3 Å². The molecule has 1 aromatic rings. The van der Waals surface area contributed by atoms with E-state index < -0.39 is 0 Å². The lowest BCUT2D eigenvalue weighted by Gasteiger charge is -2.11. The molecule has 1 unspecified atom stereocenters. The maximum Gasteiger partial charge on any atom is 0.251 e. The minimum absolute atomic E-state index is 0.0154. The summed E-state index contributed by atoms with van der Waals surface area (Å²) >= 11 is 0. The fraction of sp³-hybridized carbons (Fsp3) is 0.500. The molecule has 114 valence electrons. The fourth-order valence-electron chi connectivity index (χ4n) is 2.24. The van der Waals surface area contributed by atoms with Crippen molar-refractivity contribution >= 4 is 11.8 Å². The Labute approximate surface area is 125 Å². The van der Waals surface area contributed by atoms with E-state index in [-0.39, 0.29) is 24.5 Å². The predicted molar refractivity (Wildman–Crippen MR) is 80.2 cm³/mol.